The van der Waals surface area contributed by atoms with Crippen molar-refractivity contribution < 1.29 is 0 Å². The summed E-state index contributed by atoms with van der Waals surface area (Å²) >= 11 is 0. The van der Waals surface area contributed by atoms with E-state index in [0.717, 1.165) is 44.8 Å². The molecule has 0 atom stereocenters. The van der Waals surface area contributed by atoms with Crippen molar-refractivity contribution in [2.24, 2.45) is 0 Å². The minimum absolute atomic E-state index is 0.722. The molecular formula is C42H27N3. The second-order valence-electron chi connectivity index (χ2n) is 11.4. The highest BCUT2D eigenvalue weighted by atomic mass is 15.0. The summed E-state index contributed by atoms with van der Waals surface area (Å²) in [5.74, 6) is 0.722. The van der Waals surface area contributed by atoms with Crippen LogP contribution in [-0.2, 0) is 0 Å². The standard InChI is InChI=1S/C42H27N3/c1-2-13-32(14-3-1)45-39-20-9-7-16-35(39)37-27-31(25-26-40(37)45)42-43-38-19-8-6-17-36(38)41(44-42)30-23-21-29(22-24-30)34-18-10-12-28-11-4-5-15-33(28)34/h1-27H. The molecule has 0 N–H and O–H groups in total. The molecule has 7 aromatic carbocycles. The zero-order chi connectivity index (χ0) is 29.7. The van der Waals surface area contributed by atoms with Gasteiger partial charge >= 0.3 is 0 Å². The lowest BCUT2D eigenvalue weighted by molar-refractivity contribution is 1.18. The highest BCUT2D eigenvalue weighted by Crippen LogP contribution is 2.36. The third-order valence-corrected chi connectivity index (χ3v) is 8.81. The van der Waals surface area contributed by atoms with Crippen LogP contribution in [0.3, 0.4) is 0 Å². The maximum atomic E-state index is 5.23. The molecule has 3 heteroatoms. The van der Waals surface area contributed by atoms with Crippen LogP contribution in [-0.4, -0.2) is 14.5 Å². The Kier molecular flexibility index (Phi) is 5.82. The van der Waals surface area contributed by atoms with Gasteiger partial charge in [0, 0.05) is 33.0 Å². The lowest BCUT2D eigenvalue weighted by Gasteiger charge is -2.11. The molecule has 0 amide bonds. The molecule has 9 aromatic rings. The van der Waals surface area contributed by atoms with Crippen molar-refractivity contribution in [2.45, 2.75) is 0 Å². The topological polar surface area (TPSA) is 30.7 Å². The first-order chi connectivity index (χ1) is 22.3. The fourth-order valence-electron chi connectivity index (χ4n) is 6.68. The number of fused-ring (bicyclic) bond motifs is 5. The summed E-state index contributed by atoms with van der Waals surface area (Å²) in [5.41, 5.74) is 9.85. The Labute approximate surface area is 260 Å². The number of rotatable bonds is 4. The molecule has 0 aliphatic carbocycles. The van der Waals surface area contributed by atoms with E-state index in [9.17, 15) is 0 Å². The van der Waals surface area contributed by atoms with Crippen molar-refractivity contribution >= 4 is 43.5 Å². The van der Waals surface area contributed by atoms with Crippen LogP contribution >= 0.6 is 0 Å². The minimum Gasteiger partial charge on any atom is -0.309 e. The van der Waals surface area contributed by atoms with E-state index in [1.54, 1.807) is 0 Å². The fourth-order valence-corrected chi connectivity index (χ4v) is 6.68. The number of benzene rings is 7. The van der Waals surface area contributed by atoms with Gasteiger partial charge in [0.25, 0.3) is 0 Å². The SMILES string of the molecule is c1ccc(-n2c3ccccc3c3cc(-c4nc(-c5ccc(-c6cccc7ccccc67)cc5)c5ccccc5n4)ccc32)cc1. The summed E-state index contributed by atoms with van der Waals surface area (Å²) in [6.45, 7) is 0. The molecular weight excluding hydrogens is 546 g/mol. The normalized spacial score (nSPS) is 11.6. The molecule has 9 rings (SSSR count). The molecule has 2 heterocycles. The van der Waals surface area contributed by atoms with Crippen LogP contribution in [0.5, 0.6) is 0 Å². The largest absolute Gasteiger partial charge is 0.309 e. The number of hydrogen-bond donors (Lipinski definition) is 0. The van der Waals surface area contributed by atoms with Gasteiger partial charge in [0.2, 0.25) is 0 Å². The summed E-state index contributed by atoms with van der Waals surface area (Å²) in [6.07, 6.45) is 0. The summed E-state index contributed by atoms with van der Waals surface area (Å²) in [4.78, 5) is 10.3. The number of hydrogen-bond acceptors (Lipinski definition) is 2. The van der Waals surface area contributed by atoms with E-state index in [4.69, 9.17) is 9.97 Å². The maximum Gasteiger partial charge on any atom is 0.160 e. The molecule has 0 fully saturated rings. The number of para-hydroxylation sites is 3. The van der Waals surface area contributed by atoms with E-state index in [1.807, 2.05) is 6.07 Å². The van der Waals surface area contributed by atoms with E-state index < -0.39 is 0 Å². The Hall–Kier alpha value is -6.06. The third kappa shape index (κ3) is 4.21. The number of nitrogens with zero attached hydrogens (tertiary/aromatic N) is 3. The quantitative estimate of drug-likeness (QED) is 0.210. The Balaban J connectivity index is 1.19. The second kappa shape index (κ2) is 10.3. The highest BCUT2D eigenvalue weighted by Gasteiger charge is 2.16. The van der Waals surface area contributed by atoms with Crippen LogP contribution in [0.4, 0.5) is 0 Å². The molecule has 210 valence electrons. The van der Waals surface area contributed by atoms with Gasteiger partial charge in [-0.25, -0.2) is 9.97 Å². The predicted molar refractivity (Wildman–Crippen MR) is 188 cm³/mol. The van der Waals surface area contributed by atoms with Crippen molar-refractivity contribution in [1.29, 1.82) is 0 Å². The van der Waals surface area contributed by atoms with Gasteiger partial charge < -0.3 is 4.57 Å². The van der Waals surface area contributed by atoms with Crippen LogP contribution in [0, 0.1) is 0 Å². The molecule has 0 unspecified atom stereocenters. The van der Waals surface area contributed by atoms with Gasteiger partial charge in [-0.1, -0.05) is 121 Å². The Bertz CT molecular complexity index is 2520. The minimum atomic E-state index is 0.722. The molecule has 0 saturated heterocycles. The first kappa shape index (κ1) is 25.4. The molecule has 0 spiro atoms. The van der Waals surface area contributed by atoms with Crippen molar-refractivity contribution in [3.63, 3.8) is 0 Å². The fraction of sp³-hybridized carbons (Fsp3) is 0. The van der Waals surface area contributed by atoms with E-state index in [0.29, 0.717) is 0 Å². The monoisotopic (exact) mass is 573 g/mol. The summed E-state index contributed by atoms with van der Waals surface area (Å²) in [7, 11) is 0. The van der Waals surface area contributed by atoms with E-state index in [2.05, 4.69) is 162 Å². The van der Waals surface area contributed by atoms with E-state index in [1.165, 1.54) is 38.2 Å². The van der Waals surface area contributed by atoms with Crippen molar-refractivity contribution in [3.05, 3.63) is 164 Å². The van der Waals surface area contributed by atoms with Gasteiger partial charge in [-0.15, -0.1) is 0 Å². The molecule has 2 aromatic heterocycles. The van der Waals surface area contributed by atoms with Crippen LogP contribution in [0.25, 0.3) is 82.9 Å². The van der Waals surface area contributed by atoms with Gasteiger partial charge in [-0.05, 0) is 64.4 Å². The Morgan fingerprint density at radius 2 is 1.04 bits per heavy atom. The summed E-state index contributed by atoms with van der Waals surface area (Å²) in [5, 5.41) is 5.94. The number of aromatic nitrogens is 3. The van der Waals surface area contributed by atoms with Gasteiger partial charge in [0.05, 0.1) is 22.2 Å². The van der Waals surface area contributed by atoms with Gasteiger partial charge in [0.15, 0.2) is 5.82 Å². The third-order valence-electron chi connectivity index (χ3n) is 8.81. The highest BCUT2D eigenvalue weighted by molar-refractivity contribution is 6.10. The molecule has 0 saturated carbocycles. The van der Waals surface area contributed by atoms with Crippen molar-refractivity contribution in [3.8, 4) is 39.5 Å². The Morgan fingerprint density at radius 1 is 0.400 bits per heavy atom. The average Bonchev–Trinajstić information content (AvgIpc) is 3.45. The lowest BCUT2D eigenvalue weighted by Crippen LogP contribution is -1.96. The molecule has 45 heavy (non-hydrogen) atoms. The predicted octanol–water partition coefficient (Wildman–Crippen LogP) is 10.9. The van der Waals surface area contributed by atoms with E-state index in [-0.39, 0.29) is 0 Å². The maximum absolute atomic E-state index is 5.23. The van der Waals surface area contributed by atoms with Crippen LogP contribution in [0.2, 0.25) is 0 Å². The van der Waals surface area contributed by atoms with Crippen LogP contribution in [0.15, 0.2) is 164 Å². The first-order valence-corrected chi connectivity index (χ1v) is 15.3. The summed E-state index contributed by atoms with van der Waals surface area (Å²) in [6, 6.07) is 57.9. The Morgan fingerprint density at radius 3 is 1.91 bits per heavy atom. The summed E-state index contributed by atoms with van der Waals surface area (Å²) < 4.78 is 2.33. The van der Waals surface area contributed by atoms with Gasteiger partial charge in [-0.3, -0.25) is 0 Å². The molecule has 0 aliphatic heterocycles. The lowest BCUT2D eigenvalue weighted by atomic mass is 9.96. The van der Waals surface area contributed by atoms with Crippen LogP contribution in [0.1, 0.15) is 0 Å². The van der Waals surface area contributed by atoms with Gasteiger partial charge in [-0.2, -0.15) is 0 Å². The molecule has 0 radical (unpaired) electrons. The molecule has 3 nitrogen and oxygen atoms in total. The van der Waals surface area contributed by atoms with E-state index >= 15 is 0 Å². The van der Waals surface area contributed by atoms with Crippen molar-refractivity contribution in [2.75, 3.05) is 0 Å². The van der Waals surface area contributed by atoms with Gasteiger partial charge in [0.1, 0.15) is 0 Å². The average molecular weight is 574 g/mol. The zero-order valence-electron chi connectivity index (χ0n) is 24.4. The smallest absolute Gasteiger partial charge is 0.160 e. The van der Waals surface area contributed by atoms with Crippen molar-refractivity contribution in [1.82, 2.24) is 14.5 Å². The second-order valence-corrected chi connectivity index (χ2v) is 11.4. The van der Waals surface area contributed by atoms with Crippen LogP contribution < -0.4 is 0 Å². The molecule has 0 bridgehead atoms. The molecule has 0 aliphatic rings. The zero-order valence-corrected chi connectivity index (χ0v) is 24.4. The first-order valence-electron chi connectivity index (χ1n) is 15.3.